The first-order valence-electron chi connectivity index (χ1n) is 7.48. The number of hydrogen-bond donors (Lipinski definition) is 0. The quantitative estimate of drug-likeness (QED) is 0.576. The summed E-state index contributed by atoms with van der Waals surface area (Å²) in [6.07, 6.45) is 0. The summed E-state index contributed by atoms with van der Waals surface area (Å²) in [5.74, 6) is -0.0197. The summed E-state index contributed by atoms with van der Waals surface area (Å²) >= 11 is 3.34. The van der Waals surface area contributed by atoms with Crippen molar-refractivity contribution >= 4 is 21.9 Å². The number of ether oxygens (including phenoxy) is 1. The number of rotatable bonds is 4. The van der Waals surface area contributed by atoms with Gasteiger partial charge in [0.2, 0.25) is 0 Å². The SMILES string of the molecule is Cc1cc(OC(=O)c2ccc(Br)cc2)c(C(C#N)N(C)C)cc1C. The lowest BCUT2D eigenvalue weighted by molar-refractivity contribution is 0.0731. The van der Waals surface area contributed by atoms with Crippen molar-refractivity contribution in [3.63, 3.8) is 0 Å². The Labute approximate surface area is 150 Å². The van der Waals surface area contributed by atoms with E-state index in [2.05, 4.69) is 22.0 Å². The first-order chi connectivity index (χ1) is 11.3. The molecule has 1 atom stereocenters. The molecular weight excluding hydrogens is 368 g/mol. The van der Waals surface area contributed by atoms with Crippen molar-refractivity contribution in [2.24, 2.45) is 0 Å². The molecule has 0 saturated carbocycles. The Hall–Kier alpha value is -2.16. The van der Waals surface area contributed by atoms with Gasteiger partial charge in [-0.05, 0) is 75.5 Å². The number of carbonyl (C=O) groups is 1. The number of aryl methyl sites for hydroxylation is 2. The Morgan fingerprint density at radius 1 is 1.17 bits per heavy atom. The largest absolute Gasteiger partial charge is 0.423 e. The average molecular weight is 387 g/mol. The van der Waals surface area contributed by atoms with Gasteiger partial charge in [0.05, 0.1) is 11.6 Å². The maximum absolute atomic E-state index is 12.4. The Morgan fingerprint density at radius 3 is 2.29 bits per heavy atom. The van der Waals surface area contributed by atoms with E-state index in [1.165, 1.54) is 0 Å². The lowest BCUT2D eigenvalue weighted by atomic mass is 9.99. The predicted octanol–water partition coefficient (Wildman–Crippen LogP) is 4.41. The summed E-state index contributed by atoms with van der Waals surface area (Å²) in [4.78, 5) is 14.2. The molecule has 0 bridgehead atoms. The lowest BCUT2D eigenvalue weighted by Gasteiger charge is -2.21. The van der Waals surface area contributed by atoms with Crippen LogP contribution in [-0.4, -0.2) is 25.0 Å². The second kappa shape index (κ2) is 7.61. The molecule has 0 aliphatic carbocycles. The van der Waals surface area contributed by atoms with Gasteiger partial charge in [0.25, 0.3) is 0 Å². The highest BCUT2D eigenvalue weighted by Crippen LogP contribution is 2.31. The maximum Gasteiger partial charge on any atom is 0.343 e. The van der Waals surface area contributed by atoms with Gasteiger partial charge in [0, 0.05) is 10.0 Å². The van der Waals surface area contributed by atoms with Crippen molar-refractivity contribution < 1.29 is 9.53 Å². The van der Waals surface area contributed by atoms with Crippen LogP contribution in [0.4, 0.5) is 0 Å². The molecule has 0 heterocycles. The third-order valence-electron chi connectivity index (χ3n) is 3.84. The molecule has 0 amide bonds. The van der Waals surface area contributed by atoms with Crippen LogP contribution in [-0.2, 0) is 0 Å². The van der Waals surface area contributed by atoms with Gasteiger partial charge in [-0.15, -0.1) is 0 Å². The van der Waals surface area contributed by atoms with Crippen molar-refractivity contribution in [3.8, 4) is 11.8 Å². The fourth-order valence-corrected chi connectivity index (χ4v) is 2.59. The second-order valence-electron chi connectivity index (χ2n) is 5.87. The smallest absolute Gasteiger partial charge is 0.343 e. The second-order valence-corrected chi connectivity index (χ2v) is 6.78. The molecule has 4 nitrogen and oxygen atoms in total. The third-order valence-corrected chi connectivity index (χ3v) is 4.37. The van der Waals surface area contributed by atoms with Gasteiger partial charge in [-0.2, -0.15) is 5.26 Å². The average Bonchev–Trinajstić information content (AvgIpc) is 2.52. The van der Waals surface area contributed by atoms with E-state index in [9.17, 15) is 10.1 Å². The summed E-state index contributed by atoms with van der Waals surface area (Å²) in [6, 6.07) is 12.5. The van der Waals surface area contributed by atoms with E-state index in [1.807, 2.05) is 40.1 Å². The molecule has 0 fully saturated rings. The molecule has 0 spiro atoms. The monoisotopic (exact) mass is 386 g/mol. The van der Waals surface area contributed by atoms with Gasteiger partial charge in [0.1, 0.15) is 11.8 Å². The molecule has 0 radical (unpaired) electrons. The zero-order chi connectivity index (χ0) is 17.9. The van der Waals surface area contributed by atoms with Gasteiger partial charge in [-0.3, -0.25) is 4.90 Å². The Morgan fingerprint density at radius 2 is 1.75 bits per heavy atom. The molecule has 0 aliphatic heterocycles. The van der Waals surface area contributed by atoms with E-state index in [0.717, 1.165) is 15.6 Å². The normalized spacial score (nSPS) is 11.9. The van der Waals surface area contributed by atoms with E-state index >= 15 is 0 Å². The molecule has 0 aromatic heterocycles. The number of benzene rings is 2. The molecule has 24 heavy (non-hydrogen) atoms. The van der Waals surface area contributed by atoms with Crippen molar-refractivity contribution in [1.82, 2.24) is 4.90 Å². The molecule has 5 heteroatoms. The number of esters is 1. The minimum Gasteiger partial charge on any atom is -0.423 e. The van der Waals surface area contributed by atoms with Gasteiger partial charge in [-0.25, -0.2) is 4.79 Å². The summed E-state index contributed by atoms with van der Waals surface area (Å²) in [5, 5.41) is 9.48. The summed E-state index contributed by atoms with van der Waals surface area (Å²) < 4.78 is 6.50. The molecular formula is C19H19BrN2O2. The maximum atomic E-state index is 12.4. The molecule has 124 valence electrons. The van der Waals surface area contributed by atoms with Crippen LogP contribution < -0.4 is 4.74 Å². The van der Waals surface area contributed by atoms with Crippen LogP contribution in [0.25, 0.3) is 0 Å². The van der Waals surface area contributed by atoms with Crippen molar-refractivity contribution in [3.05, 3.63) is 63.1 Å². The molecule has 2 aromatic carbocycles. The molecule has 2 aromatic rings. The van der Waals surface area contributed by atoms with E-state index in [4.69, 9.17) is 4.74 Å². The number of halogens is 1. The number of hydrogen-bond acceptors (Lipinski definition) is 4. The molecule has 0 aliphatic rings. The minimum atomic E-state index is -0.489. The van der Waals surface area contributed by atoms with E-state index < -0.39 is 12.0 Å². The van der Waals surface area contributed by atoms with Crippen LogP contribution in [0, 0.1) is 25.2 Å². The first kappa shape index (κ1) is 18.2. The van der Waals surface area contributed by atoms with Gasteiger partial charge >= 0.3 is 5.97 Å². The lowest BCUT2D eigenvalue weighted by Crippen LogP contribution is -2.20. The van der Waals surface area contributed by atoms with Gasteiger partial charge < -0.3 is 4.74 Å². The van der Waals surface area contributed by atoms with Crippen molar-refractivity contribution in [2.75, 3.05) is 14.1 Å². The van der Waals surface area contributed by atoms with E-state index in [0.29, 0.717) is 16.9 Å². The third kappa shape index (κ3) is 4.02. The summed E-state index contributed by atoms with van der Waals surface area (Å²) in [6.45, 7) is 3.93. The standard InChI is InChI=1S/C19H19BrN2O2/c1-12-9-16(17(11-21)22(3)4)18(10-13(12)2)24-19(23)14-5-7-15(20)8-6-14/h5-10,17H,1-4H3. The fourth-order valence-electron chi connectivity index (χ4n) is 2.32. The molecule has 0 N–H and O–H groups in total. The van der Waals surface area contributed by atoms with Gasteiger partial charge in [0.15, 0.2) is 0 Å². The highest BCUT2D eigenvalue weighted by molar-refractivity contribution is 9.10. The topological polar surface area (TPSA) is 53.3 Å². The number of nitrogens with zero attached hydrogens (tertiary/aromatic N) is 2. The van der Waals surface area contributed by atoms with E-state index in [1.54, 1.807) is 29.2 Å². The Kier molecular flexibility index (Phi) is 5.76. The number of carbonyl (C=O) groups excluding carboxylic acids is 1. The van der Waals surface area contributed by atoms with Crippen molar-refractivity contribution in [1.29, 1.82) is 5.26 Å². The zero-order valence-electron chi connectivity index (χ0n) is 14.1. The van der Waals surface area contributed by atoms with Crippen LogP contribution in [0.2, 0.25) is 0 Å². The summed E-state index contributed by atoms with van der Waals surface area (Å²) in [7, 11) is 3.65. The molecule has 1 unspecified atom stereocenters. The number of nitriles is 1. The Balaban J connectivity index is 2.42. The van der Waals surface area contributed by atoms with Gasteiger partial charge in [-0.1, -0.05) is 15.9 Å². The molecule has 2 rings (SSSR count). The highest BCUT2D eigenvalue weighted by Gasteiger charge is 2.21. The van der Waals surface area contributed by atoms with Crippen LogP contribution in [0.5, 0.6) is 5.75 Å². The van der Waals surface area contributed by atoms with Crippen LogP contribution in [0.3, 0.4) is 0 Å². The van der Waals surface area contributed by atoms with Crippen LogP contribution in [0.15, 0.2) is 40.9 Å². The van der Waals surface area contributed by atoms with Crippen LogP contribution >= 0.6 is 15.9 Å². The summed E-state index contributed by atoms with van der Waals surface area (Å²) in [5.41, 5.74) is 3.21. The molecule has 0 saturated heterocycles. The predicted molar refractivity (Wildman–Crippen MR) is 97.1 cm³/mol. The van der Waals surface area contributed by atoms with E-state index in [-0.39, 0.29) is 0 Å². The van der Waals surface area contributed by atoms with Crippen molar-refractivity contribution in [2.45, 2.75) is 19.9 Å². The minimum absolute atomic E-state index is 0.422. The first-order valence-corrected chi connectivity index (χ1v) is 8.27. The fraction of sp³-hybridized carbons (Fsp3) is 0.263. The van der Waals surface area contributed by atoms with Crippen LogP contribution in [0.1, 0.15) is 33.1 Å². The highest BCUT2D eigenvalue weighted by atomic mass is 79.9. The Bertz CT molecular complexity index is 792. The zero-order valence-corrected chi connectivity index (χ0v) is 15.7.